The van der Waals surface area contributed by atoms with E-state index >= 15 is 4.39 Å². The largest absolute Gasteiger partial charge is 0.370 e. The fraction of sp³-hybridized carbons (Fsp3) is 0.433. The van der Waals surface area contributed by atoms with Crippen LogP contribution >= 0.6 is 0 Å². The predicted molar refractivity (Wildman–Crippen MR) is 171 cm³/mol. The van der Waals surface area contributed by atoms with Gasteiger partial charge in [0.1, 0.15) is 11.5 Å². The van der Waals surface area contributed by atoms with Crippen LogP contribution in [0.3, 0.4) is 0 Å². The number of para-hydroxylation sites is 1. The topological polar surface area (TPSA) is 126 Å². The van der Waals surface area contributed by atoms with E-state index in [4.69, 9.17) is 0 Å². The Bertz CT molecular complexity index is 1780. The van der Waals surface area contributed by atoms with Gasteiger partial charge in [0.15, 0.2) is 11.6 Å². The smallest absolute Gasteiger partial charge is 0.232 e. The van der Waals surface area contributed by atoms with Crippen LogP contribution in [0.1, 0.15) is 18.4 Å². The molecular formula is C30H37FN10O2S. The van der Waals surface area contributed by atoms with Gasteiger partial charge in [0, 0.05) is 64.1 Å². The number of aromatic nitrogens is 4. The molecule has 0 atom stereocenters. The highest BCUT2D eigenvalue weighted by Gasteiger charge is 2.30. The van der Waals surface area contributed by atoms with Crippen molar-refractivity contribution in [1.29, 1.82) is 0 Å². The Morgan fingerprint density at radius 3 is 2.52 bits per heavy atom. The molecule has 3 aliphatic rings. The number of halogens is 1. The zero-order valence-corrected chi connectivity index (χ0v) is 25.7. The van der Waals surface area contributed by atoms with Crippen molar-refractivity contribution in [3.8, 4) is 0 Å². The number of nitrogens with zero attached hydrogens (tertiary/aromatic N) is 7. The van der Waals surface area contributed by atoms with E-state index in [0.29, 0.717) is 47.2 Å². The van der Waals surface area contributed by atoms with Gasteiger partial charge in [-0.05, 0) is 44.0 Å². The Kier molecular flexibility index (Phi) is 7.50. The molecule has 2 fully saturated rings. The zero-order valence-electron chi connectivity index (χ0n) is 24.9. The normalized spacial score (nSPS) is 18.6. The third-order valence-corrected chi connectivity index (χ3v) is 10.1. The molecule has 0 radical (unpaired) electrons. The Labute approximate surface area is 256 Å². The van der Waals surface area contributed by atoms with Crippen molar-refractivity contribution in [2.24, 2.45) is 0 Å². The predicted octanol–water partition coefficient (Wildman–Crippen LogP) is 3.52. The summed E-state index contributed by atoms with van der Waals surface area (Å²) < 4.78 is 41.8. The lowest BCUT2D eigenvalue weighted by Gasteiger charge is -2.42. The third-order valence-electron chi connectivity index (χ3n) is 8.96. The van der Waals surface area contributed by atoms with Gasteiger partial charge in [-0.15, -0.1) is 0 Å². The van der Waals surface area contributed by atoms with E-state index in [1.807, 2.05) is 24.3 Å². The fourth-order valence-corrected chi connectivity index (χ4v) is 7.52. The van der Waals surface area contributed by atoms with Crippen LogP contribution in [0.4, 0.5) is 39.0 Å². The monoisotopic (exact) mass is 620 g/mol. The lowest BCUT2D eigenvalue weighted by molar-refractivity contribution is 0.0982. The van der Waals surface area contributed by atoms with Gasteiger partial charge in [-0.2, -0.15) is 9.97 Å². The first kappa shape index (κ1) is 28.7. The number of benzene rings is 1. The van der Waals surface area contributed by atoms with Crippen LogP contribution < -0.4 is 19.8 Å². The minimum Gasteiger partial charge on any atom is -0.370 e. The van der Waals surface area contributed by atoms with Crippen molar-refractivity contribution in [2.75, 3.05) is 79.0 Å². The number of aromatic amines is 1. The van der Waals surface area contributed by atoms with E-state index in [9.17, 15) is 8.42 Å². The number of piperidine rings is 1. The standard InChI is InChI=1S/C30H37FN10O2S/c1-38-14-16-40(17-15-38)21-8-11-39(12-9-21)22-18-24(31)29(33-19-22)37-30-35-27-23(6-10-32-27)28(36-30)34-25-5-3-4-20-7-13-41(26(20)25)44(2,42)43/h3-6,10,18-19,21H,7-9,11-17H2,1-2H3,(H3,32,33,34,35,36,37). The van der Waals surface area contributed by atoms with Crippen molar-refractivity contribution in [1.82, 2.24) is 29.7 Å². The first-order valence-corrected chi connectivity index (χ1v) is 16.9. The highest BCUT2D eigenvalue weighted by molar-refractivity contribution is 7.92. The molecule has 3 aliphatic heterocycles. The van der Waals surface area contributed by atoms with Gasteiger partial charge in [-0.3, -0.25) is 9.21 Å². The van der Waals surface area contributed by atoms with E-state index in [-0.39, 0.29) is 11.8 Å². The summed E-state index contributed by atoms with van der Waals surface area (Å²) >= 11 is 0. The summed E-state index contributed by atoms with van der Waals surface area (Å²) in [6.45, 7) is 6.56. The van der Waals surface area contributed by atoms with Gasteiger partial charge in [-0.25, -0.2) is 17.8 Å². The number of anilines is 6. The van der Waals surface area contributed by atoms with E-state index < -0.39 is 15.8 Å². The molecule has 14 heteroatoms. The summed E-state index contributed by atoms with van der Waals surface area (Å²) in [7, 11) is -1.28. The Morgan fingerprint density at radius 1 is 0.977 bits per heavy atom. The van der Waals surface area contributed by atoms with Crippen LogP contribution in [0.15, 0.2) is 42.7 Å². The number of piperazine rings is 1. The molecule has 0 saturated carbocycles. The lowest BCUT2D eigenvalue weighted by atomic mass is 10.0. The number of hydrogen-bond donors (Lipinski definition) is 3. The summed E-state index contributed by atoms with van der Waals surface area (Å²) in [6.07, 6.45) is 7.38. The molecule has 0 bridgehead atoms. The summed E-state index contributed by atoms with van der Waals surface area (Å²) in [4.78, 5) is 23.8. The molecular weight excluding hydrogens is 583 g/mol. The summed E-state index contributed by atoms with van der Waals surface area (Å²) in [6, 6.07) is 9.57. The van der Waals surface area contributed by atoms with Crippen molar-refractivity contribution in [2.45, 2.75) is 25.3 Å². The maximum atomic E-state index is 15.4. The van der Waals surface area contributed by atoms with Gasteiger partial charge in [0.25, 0.3) is 0 Å². The molecule has 4 aromatic rings. The van der Waals surface area contributed by atoms with Crippen molar-refractivity contribution < 1.29 is 12.8 Å². The third kappa shape index (κ3) is 5.64. The molecule has 3 N–H and O–H groups in total. The zero-order chi connectivity index (χ0) is 30.4. The van der Waals surface area contributed by atoms with Crippen LogP contribution in [0, 0.1) is 5.82 Å². The van der Waals surface area contributed by atoms with Crippen molar-refractivity contribution in [3.63, 3.8) is 0 Å². The van der Waals surface area contributed by atoms with Crippen LogP contribution in [0.2, 0.25) is 0 Å². The number of sulfonamides is 1. The molecule has 3 aromatic heterocycles. The number of likely N-dealkylation sites (N-methyl/N-ethyl adjacent to an activating group) is 1. The molecule has 1 aromatic carbocycles. The van der Waals surface area contributed by atoms with Crippen LogP contribution in [-0.2, 0) is 16.4 Å². The quantitative estimate of drug-likeness (QED) is 0.283. The van der Waals surface area contributed by atoms with Crippen LogP contribution in [0.25, 0.3) is 11.0 Å². The first-order chi connectivity index (χ1) is 21.2. The Balaban J connectivity index is 1.08. The van der Waals surface area contributed by atoms with E-state index in [0.717, 1.165) is 63.4 Å². The van der Waals surface area contributed by atoms with Crippen LogP contribution in [-0.4, -0.2) is 103 Å². The molecule has 0 spiro atoms. The lowest BCUT2D eigenvalue weighted by Crippen LogP contribution is -2.52. The molecule has 44 heavy (non-hydrogen) atoms. The maximum Gasteiger partial charge on any atom is 0.232 e. The molecule has 0 aliphatic carbocycles. The molecule has 2 saturated heterocycles. The maximum absolute atomic E-state index is 15.4. The Morgan fingerprint density at radius 2 is 1.77 bits per heavy atom. The molecule has 232 valence electrons. The number of fused-ring (bicyclic) bond motifs is 2. The highest BCUT2D eigenvalue weighted by atomic mass is 32.2. The summed E-state index contributed by atoms with van der Waals surface area (Å²) in [5, 5.41) is 6.97. The van der Waals surface area contributed by atoms with E-state index in [1.165, 1.54) is 16.6 Å². The number of H-pyrrole nitrogens is 1. The number of rotatable bonds is 7. The molecule has 7 rings (SSSR count). The van der Waals surface area contributed by atoms with Gasteiger partial charge in [-0.1, -0.05) is 12.1 Å². The SMILES string of the molecule is CN1CCN(C2CCN(c3cnc(Nc4nc(Nc5cccc6c5N(S(C)(=O)=O)CC6)c5cc[nH]c5n4)c(F)c3)CC2)CC1. The number of nitrogens with one attached hydrogen (secondary N) is 3. The number of hydrogen-bond acceptors (Lipinski definition) is 10. The first-order valence-electron chi connectivity index (χ1n) is 15.0. The average Bonchev–Trinajstić information content (AvgIpc) is 3.67. The van der Waals surface area contributed by atoms with Crippen molar-refractivity contribution in [3.05, 3.63) is 54.1 Å². The van der Waals surface area contributed by atoms with Gasteiger partial charge >= 0.3 is 0 Å². The second-order valence-corrected chi connectivity index (χ2v) is 13.8. The minimum atomic E-state index is -3.45. The van der Waals surface area contributed by atoms with Gasteiger partial charge in [0.2, 0.25) is 16.0 Å². The Hall–Kier alpha value is -4.01. The van der Waals surface area contributed by atoms with Crippen molar-refractivity contribution >= 4 is 55.7 Å². The fourth-order valence-electron chi connectivity index (χ4n) is 6.55. The molecule has 12 nitrogen and oxygen atoms in total. The van der Waals surface area contributed by atoms with Gasteiger partial charge < -0.3 is 25.4 Å². The summed E-state index contributed by atoms with van der Waals surface area (Å²) in [5.74, 6) is 0.148. The summed E-state index contributed by atoms with van der Waals surface area (Å²) in [5.41, 5.74) is 3.47. The van der Waals surface area contributed by atoms with Gasteiger partial charge in [0.05, 0.1) is 34.9 Å². The average molecular weight is 621 g/mol. The minimum absolute atomic E-state index is 0.0294. The second kappa shape index (κ2) is 11.5. The van der Waals surface area contributed by atoms with E-state index in [2.05, 4.69) is 52.3 Å². The second-order valence-electron chi connectivity index (χ2n) is 11.9. The molecule has 0 unspecified atom stereocenters. The van der Waals surface area contributed by atoms with Crippen LogP contribution in [0.5, 0.6) is 0 Å². The molecule has 0 amide bonds. The van der Waals surface area contributed by atoms with E-state index in [1.54, 1.807) is 12.4 Å². The highest BCUT2D eigenvalue weighted by Crippen LogP contribution is 2.39. The molecule has 6 heterocycles. The number of pyridine rings is 1.